The standard InChI is InChI=1S/C21H31N3O5S/c1-17-4-6-18(7-5-17)15-23-16-19(14-20(23)25)21(26)22-8-10-24(11-9-22)30(27,28)13-3-12-29-2/h4-7,19H,3,8-16H2,1-2H3/t19-/m0/s1. The number of sulfonamides is 1. The predicted molar refractivity (Wildman–Crippen MR) is 113 cm³/mol. The molecule has 3 rings (SSSR count). The van der Waals surface area contributed by atoms with Gasteiger partial charge in [-0.1, -0.05) is 29.8 Å². The molecule has 2 fully saturated rings. The first-order valence-corrected chi connectivity index (χ1v) is 12.0. The van der Waals surface area contributed by atoms with Crippen LogP contribution in [0.3, 0.4) is 0 Å². The number of piperazine rings is 1. The third kappa shape index (κ3) is 5.59. The maximum absolute atomic E-state index is 12.9. The Morgan fingerprint density at radius 3 is 2.43 bits per heavy atom. The Hall–Kier alpha value is -1.97. The predicted octanol–water partition coefficient (Wildman–Crippen LogP) is 0.854. The smallest absolute Gasteiger partial charge is 0.228 e. The van der Waals surface area contributed by atoms with Crippen molar-refractivity contribution >= 4 is 21.8 Å². The summed E-state index contributed by atoms with van der Waals surface area (Å²) in [5, 5.41) is 0. The lowest BCUT2D eigenvalue weighted by Gasteiger charge is -2.35. The molecule has 1 aromatic carbocycles. The van der Waals surface area contributed by atoms with Crippen LogP contribution in [0.15, 0.2) is 24.3 Å². The van der Waals surface area contributed by atoms with Crippen molar-refractivity contribution < 1.29 is 22.7 Å². The summed E-state index contributed by atoms with van der Waals surface area (Å²) >= 11 is 0. The number of hydrogen-bond donors (Lipinski definition) is 0. The Bertz CT molecular complexity index is 848. The van der Waals surface area contributed by atoms with Crippen LogP contribution in [-0.4, -0.2) is 86.5 Å². The summed E-state index contributed by atoms with van der Waals surface area (Å²) < 4.78 is 31.2. The van der Waals surface area contributed by atoms with E-state index < -0.39 is 10.0 Å². The van der Waals surface area contributed by atoms with Gasteiger partial charge in [-0.15, -0.1) is 0 Å². The van der Waals surface area contributed by atoms with Gasteiger partial charge in [0, 0.05) is 59.4 Å². The molecule has 2 aliphatic heterocycles. The van der Waals surface area contributed by atoms with Gasteiger partial charge in [0.15, 0.2) is 0 Å². The Kier molecular flexibility index (Phi) is 7.49. The van der Waals surface area contributed by atoms with Gasteiger partial charge in [0.25, 0.3) is 0 Å². The Morgan fingerprint density at radius 1 is 1.13 bits per heavy atom. The van der Waals surface area contributed by atoms with E-state index in [9.17, 15) is 18.0 Å². The van der Waals surface area contributed by atoms with Crippen molar-refractivity contribution in [1.29, 1.82) is 0 Å². The van der Waals surface area contributed by atoms with Crippen molar-refractivity contribution in [1.82, 2.24) is 14.1 Å². The van der Waals surface area contributed by atoms with Crippen molar-refractivity contribution in [3.63, 3.8) is 0 Å². The molecule has 2 amide bonds. The van der Waals surface area contributed by atoms with E-state index in [0.29, 0.717) is 52.3 Å². The van der Waals surface area contributed by atoms with E-state index in [4.69, 9.17) is 4.74 Å². The number of rotatable bonds is 8. The highest BCUT2D eigenvalue weighted by molar-refractivity contribution is 7.89. The molecule has 0 bridgehead atoms. The van der Waals surface area contributed by atoms with Crippen LogP contribution in [0.2, 0.25) is 0 Å². The average molecular weight is 438 g/mol. The van der Waals surface area contributed by atoms with Crippen molar-refractivity contribution in [3.05, 3.63) is 35.4 Å². The largest absolute Gasteiger partial charge is 0.385 e. The first kappa shape index (κ1) is 22.7. The first-order valence-electron chi connectivity index (χ1n) is 10.4. The first-order chi connectivity index (χ1) is 14.3. The van der Waals surface area contributed by atoms with Gasteiger partial charge < -0.3 is 14.5 Å². The molecule has 8 nitrogen and oxygen atoms in total. The lowest BCUT2D eigenvalue weighted by molar-refractivity contribution is -0.137. The van der Waals surface area contributed by atoms with Gasteiger partial charge in [-0.25, -0.2) is 8.42 Å². The van der Waals surface area contributed by atoms with Gasteiger partial charge >= 0.3 is 0 Å². The molecule has 2 saturated heterocycles. The Balaban J connectivity index is 1.50. The third-order valence-electron chi connectivity index (χ3n) is 5.75. The highest BCUT2D eigenvalue weighted by Gasteiger charge is 2.38. The van der Waals surface area contributed by atoms with E-state index in [1.54, 1.807) is 16.9 Å². The number of carbonyl (C=O) groups excluding carboxylic acids is 2. The number of hydrogen-bond acceptors (Lipinski definition) is 5. The minimum Gasteiger partial charge on any atom is -0.385 e. The zero-order valence-corrected chi connectivity index (χ0v) is 18.6. The van der Waals surface area contributed by atoms with Crippen molar-refractivity contribution in [2.45, 2.75) is 26.3 Å². The summed E-state index contributed by atoms with van der Waals surface area (Å²) in [4.78, 5) is 28.8. The van der Waals surface area contributed by atoms with E-state index in [1.165, 1.54) is 9.87 Å². The summed E-state index contributed by atoms with van der Waals surface area (Å²) in [5.74, 6) is -0.354. The van der Waals surface area contributed by atoms with E-state index in [1.807, 2.05) is 31.2 Å². The van der Waals surface area contributed by atoms with Crippen LogP contribution in [0.1, 0.15) is 24.0 Å². The summed E-state index contributed by atoms with van der Waals surface area (Å²) in [7, 11) is -1.78. The molecule has 0 aliphatic carbocycles. The van der Waals surface area contributed by atoms with Crippen molar-refractivity contribution in [3.8, 4) is 0 Å². The molecule has 0 radical (unpaired) electrons. The molecule has 2 aliphatic rings. The fourth-order valence-corrected chi connectivity index (χ4v) is 5.42. The molecule has 9 heteroatoms. The lowest BCUT2D eigenvalue weighted by atomic mass is 10.1. The number of benzene rings is 1. The monoisotopic (exact) mass is 437 g/mol. The third-order valence-corrected chi connectivity index (χ3v) is 7.71. The van der Waals surface area contributed by atoms with Gasteiger partial charge in [0.2, 0.25) is 21.8 Å². The van der Waals surface area contributed by atoms with Crippen molar-refractivity contribution in [2.24, 2.45) is 5.92 Å². The van der Waals surface area contributed by atoms with E-state index in [2.05, 4.69) is 0 Å². The molecule has 30 heavy (non-hydrogen) atoms. The summed E-state index contributed by atoms with van der Waals surface area (Å²) in [6, 6.07) is 8.04. The summed E-state index contributed by atoms with van der Waals surface area (Å²) in [6.45, 7) is 4.69. The van der Waals surface area contributed by atoms with Gasteiger partial charge in [0.1, 0.15) is 0 Å². The number of likely N-dealkylation sites (tertiary alicyclic amines) is 1. The minimum absolute atomic E-state index is 0.00622. The second-order valence-electron chi connectivity index (χ2n) is 8.05. The van der Waals surface area contributed by atoms with Crippen LogP contribution in [0.4, 0.5) is 0 Å². The van der Waals surface area contributed by atoms with Crippen LogP contribution < -0.4 is 0 Å². The highest BCUT2D eigenvalue weighted by atomic mass is 32.2. The fraction of sp³-hybridized carbons (Fsp3) is 0.619. The topological polar surface area (TPSA) is 87.2 Å². The van der Waals surface area contributed by atoms with Crippen LogP contribution >= 0.6 is 0 Å². The number of nitrogens with zero attached hydrogens (tertiary/aromatic N) is 3. The molecular weight excluding hydrogens is 406 g/mol. The summed E-state index contributed by atoms with van der Waals surface area (Å²) in [6.07, 6.45) is 0.680. The molecule has 2 heterocycles. The van der Waals surface area contributed by atoms with E-state index in [-0.39, 0.29) is 29.9 Å². The van der Waals surface area contributed by atoms with E-state index >= 15 is 0 Å². The van der Waals surface area contributed by atoms with Crippen molar-refractivity contribution in [2.75, 3.05) is 52.2 Å². The van der Waals surface area contributed by atoms with Gasteiger partial charge in [-0.2, -0.15) is 4.31 Å². The fourth-order valence-electron chi connectivity index (χ4n) is 3.96. The van der Waals surface area contributed by atoms with Crippen LogP contribution in [0.25, 0.3) is 0 Å². The average Bonchev–Trinajstić information content (AvgIpc) is 3.09. The quantitative estimate of drug-likeness (QED) is 0.563. The minimum atomic E-state index is -3.33. The molecule has 1 atom stereocenters. The Morgan fingerprint density at radius 2 is 1.80 bits per heavy atom. The number of methoxy groups -OCH3 is 1. The van der Waals surface area contributed by atoms with Crippen LogP contribution in [0.5, 0.6) is 0 Å². The maximum Gasteiger partial charge on any atom is 0.228 e. The number of amides is 2. The molecule has 0 saturated carbocycles. The highest BCUT2D eigenvalue weighted by Crippen LogP contribution is 2.23. The molecule has 166 valence electrons. The molecule has 1 aromatic rings. The maximum atomic E-state index is 12.9. The second-order valence-corrected chi connectivity index (χ2v) is 10.1. The Labute approximate surface area is 178 Å². The lowest BCUT2D eigenvalue weighted by Crippen LogP contribution is -2.52. The zero-order chi connectivity index (χ0) is 21.7. The number of aryl methyl sites for hydroxylation is 1. The SMILES string of the molecule is COCCCS(=O)(=O)N1CCN(C(=O)[C@H]2CC(=O)N(Cc3ccc(C)cc3)C2)CC1. The molecule has 0 spiro atoms. The molecule has 0 N–H and O–H groups in total. The number of carbonyl (C=O) groups is 2. The number of ether oxygens (including phenoxy) is 1. The summed E-state index contributed by atoms with van der Waals surface area (Å²) in [5.41, 5.74) is 2.22. The zero-order valence-electron chi connectivity index (χ0n) is 17.7. The van der Waals surface area contributed by atoms with Gasteiger partial charge in [0.05, 0.1) is 11.7 Å². The van der Waals surface area contributed by atoms with Gasteiger partial charge in [-0.3, -0.25) is 9.59 Å². The van der Waals surface area contributed by atoms with E-state index in [0.717, 1.165) is 5.56 Å². The molecule has 0 unspecified atom stereocenters. The van der Waals surface area contributed by atoms with Crippen LogP contribution in [-0.2, 0) is 30.9 Å². The normalized spacial score (nSPS) is 20.7. The van der Waals surface area contributed by atoms with Gasteiger partial charge in [-0.05, 0) is 18.9 Å². The molecular formula is C21H31N3O5S. The molecule has 0 aromatic heterocycles. The van der Waals surface area contributed by atoms with Crippen LogP contribution in [0, 0.1) is 12.8 Å². The second kappa shape index (κ2) is 9.89.